The molecule has 0 spiro atoms. The summed E-state index contributed by atoms with van der Waals surface area (Å²) >= 11 is 1.45. The van der Waals surface area contributed by atoms with Gasteiger partial charge in [-0.3, -0.25) is 24.4 Å². The van der Waals surface area contributed by atoms with Crippen molar-refractivity contribution in [1.82, 2.24) is 30.7 Å². The topological polar surface area (TPSA) is 153 Å². The third-order valence-corrected chi connectivity index (χ3v) is 5.71. The standard InChI is InChI=1S/C17H24N6O3S.CH2O2/c1-18-15(24)7-11-3-4-12(23(11)2)8-19-16(25)14-6-5-13(26-14)9-27-17-20-10-21-22-17;2-1-3/h5-6,10-12H,3-4,7-9H2,1-2H3,(H,18,24)(H,19,25)(H,20,21,22);1H,(H,2,3)/t11-,12+;/m1./s1. The summed E-state index contributed by atoms with van der Waals surface area (Å²) in [4.78, 5) is 38.5. The lowest BCUT2D eigenvalue weighted by atomic mass is 10.1. The Kier molecular flexibility index (Phi) is 9.35. The van der Waals surface area contributed by atoms with Gasteiger partial charge in [0, 0.05) is 32.1 Å². The lowest BCUT2D eigenvalue weighted by Gasteiger charge is -2.25. The quantitative estimate of drug-likeness (QED) is 0.345. The van der Waals surface area contributed by atoms with Crippen molar-refractivity contribution >= 4 is 30.0 Å². The van der Waals surface area contributed by atoms with Crippen LogP contribution >= 0.6 is 11.8 Å². The number of nitrogens with zero attached hydrogens (tertiary/aromatic N) is 3. The van der Waals surface area contributed by atoms with Gasteiger partial charge in [-0.1, -0.05) is 11.8 Å². The van der Waals surface area contributed by atoms with Crippen molar-refractivity contribution in [1.29, 1.82) is 0 Å². The summed E-state index contributed by atoms with van der Waals surface area (Å²) < 4.78 is 5.61. The first-order valence-corrected chi connectivity index (χ1v) is 10.3. The number of hydrogen-bond donors (Lipinski definition) is 4. The summed E-state index contributed by atoms with van der Waals surface area (Å²) in [6.45, 7) is 0.280. The summed E-state index contributed by atoms with van der Waals surface area (Å²) in [5.74, 6) is 1.38. The smallest absolute Gasteiger partial charge is 0.290 e. The molecule has 4 N–H and O–H groups in total. The van der Waals surface area contributed by atoms with Crippen LogP contribution in [0.3, 0.4) is 0 Å². The zero-order chi connectivity index (χ0) is 21.9. The summed E-state index contributed by atoms with van der Waals surface area (Å²) in [6.07, 6.45) is 3.84. The molecule has 30 heavy (non-hydrogen) atoms. The van der Waals surface area contributed by atoms with Crippen LogP contribution in [0, 0.1) is 0 Å². The summed E-state index contributed by atoms with van der Waals surface area (Å²) in [7, 11) is 3.65. The predicted octanol–water partition coefficient (Wildman–Crippen LogP) is 0.720. The van der Waals surface area contributed by atoms with Gasteiger partial charge in [-0.05, 0) is 32.0 Å². The zero-order valence-corrected chi connectivity index (χ0v) is 17.6. The minimum atomic E-state index is -0.250. The normalized spacial score (nSPS) is 18.3. The summed E-state index contributed by atoms with van der Waals surface area (Å²) in [5, 5.41) is 19.7. The van der Waals surface area contributed by atoms with Gasteiger partial charge in [-0.25, -0.2) is 4.98 Å². The van der Waals surface area contributed by atoms with E-state index in [1.165, 1.54) is 18.1 Å². The second kappa shape index (κ2) is 12.0. The Balaban J connectivity index is 0.00000101. The van der Waals surface area contributed by atoms with Crippen LogP contribution in [0.5, 0.6) is 0 Å². The molecule has 1 aliphatic heterocycles. The van der Waals surface area contributed by atoms with E-state index in [1.807, 2.05) is 7.05 Å². The maximum atomic E-state index is 12.3. The number of likely N-dealkylation sites (tertiary alicyclic amines) is 1. The Morgan fingerprint density at radius 3 is 2.80 bits per heavy atom. The van der Waals surface area contributed by atoms with E-state index < -0.39 is 0 Å². The van der Waals surface area contributed by atoms with Crippen molar-refractivity contribution in [2.24, 2.45) is 0 Å². The molecule has 3 heterocycles. The van der Waals surface area contributed by atoms with Gasteiger partial charge >= 0.3 is 0 Å². The van der Waals surface area contributed by atoms with Gasteiger partial charge in [0.05, 0.1) is 5.75 Å². The molecule has 0 radical (unpaired) electrons. The third-order valence-electron chi connectivity index (χ3n) is 4.81. The number of furan rings is 1. The number of H-pyrrole nitrogens is 1. The number of amides is 2. The molecule has 12 heteroatoms. The molecule has 11 nitrogen and oxygen atoms in total. The molecular weight excluding hydrogens is 412 g/mol. The summed E-state index contributed by atoms with van der Waals surface area (Å²) in [6, 6.07) is 3.91. The van der Waals surface area contributed by atoms with Gasteiger partial charge in [-0.15, -0.1) is 0 Å². The number of aromatic amines is 1. The highest BCUT2D eigenvalue weighted by atomic mass is 32.2. The van der Waals surface area contributed by atoms with Gasteiger partial charge in [0.1, 0.15) is 12.1 Å². The van der Waals surface area contributed by atoms with Crippen LogP contribution in [0.25, 0.3) is 0 Å². The van der Waals surface area contributed by atoms with Crippen molar-refractivity contribution in [2.75, 3.05) is 20.6 Å². The number of carbonyl (C=O) groups is 3. The monoisotopic (exact) mass is 438 g/mol. The van der Waals surface area contributed by atoms with Crippen molar-refractivity contribution in [3.05, 3.63) is 30.0 Å². The highest BCUT2D eigenvalue weighted by Gasteiger charge is 2.31. The molecule has 2 amide bonds. The van der Waals surface area contributed by atoms with E-state index in [0.29, 0.717) is 35.4 Å². The maximum Gasteiger partial charge on any atom is 0.290 e. The van der Waals surface area contributed by atoms with Gasteiger partial charge in [-0.2, -0.15) is 5.10 Å². The van der Waals surface area contributed by atoms with Gasteiger partial charge in [0.2, 0.25) is 5.91 Å². The van der Waals surface area contributed by atoms with Gasteiger partial charge in [0.15, 0.2) is 10.9 Å². The van der Waals surface area contributed by atoms with Crippen molar-refractivity contribution < 1.29 is 23.9 Å². The number of rotatable bonds is 8. The average Bonchev–Trinajstić information content (AvgIpc) is 3.48. The fourth-order valence-electron chi connectivity index (χ4n) is 3.18. The molecule has 2 atom stereocenters. The zero-order valence-electron chi connectivity index (χ0n) is 16.8. The van der Waals surface area contributed by atoms with Crippen LogP contribution in [-0.4, -0.2) is 76.2 Å². The van der Waals surface area contributed by atoms with Gasteiger partial charge < -0.3 is 20.2 Å². The molecule has 0 bridgehead atoms. The molecule has 1 fully saturated rings. The van der Waals surface area contributed by atoms with Crippen LogP contribution < -0.4 is 10.6 Å². The number of thioether (sulfide) groups is 1. The Morgan fingerprint density at radius 1 is 1.40 bits per heavy atom. The fraction of sp³-hybridized carbons (Fsp3) is 0.500. The van der Waals surface area contributed by atoms with Gasteiger partial charge in [0.25, 0.3) is 12.4 Å². The Labute approximate surface area is 178 Å². The molecular formula is C18H26N6O5S. The number of likely N-dealkylation sites (N-methyl/N-ethyl adjacent to an activating group) is 1. The van der Waals surface area contributed by atoms with Crippen molar-refractivity contribution in [2.45, 2.75) is 42.3 Å². The van der Waals surface area contributed by atoms with E-state index in [0.717, 1.165) is 12.8 Å². The molecule has 0 aliphatic carbocycles. The molecule has 0 aromatic carbocycles. The molecule has 0 saturated carbocycles. The van der Waals surface area contributed by atoms with E-state index in [9.17, 15) is 9.59 Å². The maximum absolute atomic E-state index is 12.3. The number of carbonyl (C=O) groups excluding carboxylic acids is 2. The Morgan fingerprint density at radius 2 is 2.13 bits per heavy atom. The van der Waals surface area contributed by atoms with E-state index in [4.69, 9.17) is 14.3 Å². The molecule has 2 aromatic rings. The van der Waals surface area contributed by atoms with E-state index in [-0.39, 0.29) is 30.4 Å². The average molecular weight is 439 g/mol. The Bertz CT molecular complexity index is 812. The van der Waals surface area contributed by atoms with E-state index in [2.05, 4.69) is 30.7 Å². The van der Waals surface area contributed by atoms with Crippen LogP contribution in [0.2, 0.25) is 0 Å². The van der Waals surface area contributed by atoms with Crippen LogP contribution in [0.15, 0.2) is 28.0 Å². The van der Waals surface area contributed by atoms with Crippen LogP contribution in [0.1, 0.15) is 35.6 Å². The first-order valence-electron chi connectivity index (χ1n) is 9.33. The SMILES string of the molecule is CNC(=O)C[C@H]1CC[C@@H](CNC(=O)c2ccc(CSc3ncn[nH]3)o2)N1C.O=CO. The minimum absolute atomic E-state index is 0.0443. The molecule has 164 valence electrons. The van der Waals surface area contributed by atoms with Crippen LogP contribution in [0.4, 0.5) is 0 Å². The predicted molar refractivity (Wildman–Crippen MR) is 109 cm³/mol. The van der Waals surface area contributed by atoms with Crippen molar-refractivity contribution in [3.63, 3.8) is 0 Å². The molecule has 1 saturated heterocycles. The second-order valence-electron chi connectivity index (χ2n) is 6.59. The third kappa shape index (κ3) is 6.88. The number of nitrogens with one attached hydrogen (secondary N) is 3. The molecule has 3 rings (SSSR count). The minimum Gasteiger partial charge on any atom is -0.483 e. The number of aromatic nitrogens is 3. The number of hydrogen-bond acceptors (Lipinski definition) is 8. The lowest BCUT2D eigenvalue weighted by Crippen LogP contribution is -2.42. The second-order valence-corrected chi connectivity index (χ2v) is 7.55. The lowest BCUT2D eigenvalue weighted by molar-refractivity contribution is -0.123. The first kappa shape index (κ1) is 23.4. The number of carboxylic acid groups (broad SMARTS) is 1. The molecule has 2 aromatic heterocycles. The highest BCUT2D eigenvalue weighted by Crippen LogP contribution is 2.24. The molecule has 0 unspecified atom stereocenters. The van der Waals surface area contributed by atoms with Crippen LogP contribution in [-0.2, 0) is 15.3 Å². The van der Waals surface area contributed by atoms with E-state index in [1.54, 1.807) is 19.2 Å². The van der Waals surface area contributed by atoms with Crippen molar-refractivity contribution in [3.8, 4) is 0 Å². The summed E-state index contributed by atoms with van der Waals surface area (Å²) in [5.41, 5.74) is 0. The Hall–Kier alpha value is -2.86. The fourth-order valence-corrected chi connectivity index (χ4v) is 3.85. The highest BCUT2D eigenvalue weighted by molar-refractivity contribution is 7.98. The largest absolute Gasteiger partial charge is 0.483 e. The first-order chi connectivity index (χ1) is 14.5. The molecule has 1 aliphatic rings. The van der Waals surface area contributed by atoms with E-state index >= 15 is 0 Å².